The minimum absolute atomic E-state index is 0.181. The minimum Gasteiger partial charge on any atom is -0.496 e. The lowest BCUT2D eigenvalue weighted by molar-refractivity contribution is 0.0686. The molecule has 0 saturated carbocycles. The molecule has 1 aromatic carbocycles. The van der Waals surface area contributed by atoms with Gasteiger partial charge >= 0.3 is 0 Å². The molecule has 1 aromatic rings. The highest BCUT2D eigenvalue weighted by Gasteiger charge is 2.11. The Morgan fingerprint density at radius 2 is 2.00 bits per heavy atom. The van der Waals surface area contributed by atoms with Gasteiger partial charge in [0.1, 0.15) is 5.75 Å². The molecule has 0 bridgehead atoms. The number of carbonyl (C=O) groups is 1. The summed E-state index contributed by atoms with van der Waals surface area (Å²) in [6.07, 6.45) is 1.74. The largest absolute Gasteiger partial charge is 0.496 e. The zero-order valence-corrected chi connectivity index (χ0v) is 12.7. The number of hydrogen-bond donors (Lipinski definition) is 2. The van der Waals surface area contributed by atoms with E-state index < -0.39 is 0 Å². The van der Waals surface area contributed by atoms with E-state index in [4.69, 9.17) is 19.9 Å². The molecule has 118 valence electrons. The molecule has 0 spiro atoms. The van der Waals surface area contributed by atoms with E-state index in [0.29, 0.717) is 43.4 Å². The maximum absolute atomic E-state index is 12.1. The van der Waals surface area contributed by atoms with Crippen molar-refractivity contribution in [3.63, 3.8) is 0 Å². The molecule has 0 saturated heterocycles. The summed E-state index contributed by atoms with van der Waals surface area (Å²) in [5, 5.41) is 2.85. The normalized spacial score (nSPS) is 10.4. The Balaban J connectivity index is 2.26. The fraction of sp³-hybridized carbons (Fsp3) is 0.533. The van der Waals surface area contributed by atoms with Gasteiger partial charge in [0, 0.05) is 25.9 Å². The number of anilines is 1. The summed E-state index contributed by atoms with van der Waals surface area (Å²) in [6, 6.07) is 5.00. The van der Waals surface area contributed by atoms with E-state index >= 15 is 0 Å². The van der Waals surface area contributed by atoms with Crippen LogP contribution < -0.4 is 15.8 Å². The Morgan fingerprint density at radius 1 is 1.19 bits per heavy atom. The van der Waals surface area contributed by atoms with Crippen LogP contribution in [-0.2, 0) is 9.47 Å². The van der Waals surface area contributed by atoms with Gasteiger partial charge in [0.05, 0.1) is 25.9 Å². The highest BCUT2D eigenvalue weighted by molar-refractivity contribution is 5.97. The second kappa shape index (κ2) is 10.0. The lowest BCUT2D eigenvalue weighted by Gasteiger charge is -2.10. The van der Waals surface area contributed by atoms with Crippen LogP contribution in [0.1, 0.15) is 23.2 Å². The number of benzene rings is 1. The van der Waals surface area contributed by atoms with Crippen LogP contribution in [0.4, 0.5) is 5.69 Å². The SMILES string of the molecule is COCCOCCCCNC(=O)c1cc(N)ccc1OC. The highest BCUT2D eigenvalue weighted by atomic mass is 16.5. The average Bonchev–Trinajstić information content (AvgIpc) is 2.49. The van der Waals surface area contributed by atoms with Gasteiger partial charge < -0.3 is 25.3 Å². The summed E-state index contributed by atoms with van der Waals surface area (Å²) in [6.45, 7) is 2.46. The van der Waals surface area contributed by atoms with Crippen LogP contribution in [0.15, 0.2) is 18.2 Å². The van der Waals surface area contributed by atoms with Gasteiger partial charge in [0.15, 0.2) is 0 Å². The third kappa shape index (κ3) is 6.46. The predicted octanol–water partition coefficient (Wildman–Crippen LogP) is 1.45. The number of unbranched alkanes of at least 4 members (excludes halogenated alkanes) is 1. The Kier molecular flexibility index (Phi) is 8.23. The van der Waals surface area contributed by atoms with Crippen LogP contribution in [0.5, 0.6) is 5.75 Å². The summed E-state index contributed by atoms with van der Waals surface area (Å²) in [5.41, 5.74) is 6.68. The maximum atomic E-state index is 12.1. The van der Waals surface area contributed by atoms with Crippen LogP contribution in [0.3, 0.4) is 0 Å². The molecule has 0 atom stereocenters. The molecule has 0 aliphatic rings. The number of nitrogen functional groups attached to an aromatic ring is 1. The molecule has 1 amide bonds. The topological polar surface area (TPSA) is 82.8 Å². The van der Waals surface area contributed by atoms with Crippen LogP contribution in [0, 0.1) is 0 Å². The van der Waals surface area contributed by atoms with E-state index in [2.05, 4.69) is 5.32 Å². The smallest absolute Gasteiger partial charge is 0.255 e. The summed E-state index contributed by atoms with van der Waals surface area (Å²) in [5.74, 6) is 0.337. The molecule has 0 radical (unpaired) electrons. The Bertz CT molecular complexity index is 438. The van der Waals surface area contributed by atoms with Crippen molar-refractivity contribution in [1.82, 2.24) is 5.32 Å². The molecule has 3 N–H and O–H groups in total. The predicted molar refractivity (Wildman–Crippen MR) is 81.7 cm³/mol. The Morgan fingerprint density at radius 3 is 2.71 bits per heavy atom. The third-order valence-corrected chi connectivity index (χ3v) is 2.90. The molecule has 1 rings (SSSR count). The van der Waals surface area contributed by atoms with Crippen molar-refractivity contribution in [3.8, 4) is 5.75 Å². The lowest BCUT2D eigenvalue weighted by atomic mass is 10.1. The Labute approximate surface area is 125 Å². The standard InChI is InChI=1S/C15H24N2O4/c1-19-9-10-21-8-4-3-7-17-15(18)13-11-12(16)5-6-14(13)20-2/h5-6,11H,3-4,7-10,16H2,1-2H3,(H,17,18). The van der Waals surface area contributed by atoms with E-state index in [1.54, 1.807) is 25.3 Å². The van der Waals surface area contributed by atoms with Crippen molar-refractivity contribution >= 4 is 11.6 Å². The second-order valence-electron chi connectivity index (χ2n) is 4.53. The van der Waals surface area contributed by atoms with Crippen LogP contribution in [0.2, 0.25) is 0 Å². The van der Waals surface area contributed by atoms with Gasteiger partial charge in [-0.3, -0.25) is 4.79 Å². The van der Waals surface area contributed by atoms with E-state index in [0.717, 1.165) is 12.8 Å². The van der Waals surface area contributed by atoms with Crippen LogP contribution in [-0.4, -0.2) is 46.5 Å². The molecular formula is C15H24N2O4. The maximum Gasteiger partial charge on any atom is 0.255 e. The number of amides is 1. The molecular weight excluding hydrogens is 272 g/mol. The van der Waals surface area contributed by atoms with Crippen LogP contribution >= 0.6 is 0 Å². The molecule has 6 heteroatoms. The number of nitrogens with two attached hydrogens (primary N) is 1. The number of ether oxygens (including phenoxy) is 3. The van der Waals surface area contributed by atoms with E-state index in [-0.39, 0.29) is 5.91 Å². The van der Waals surface area contributed by atoms with Gasteiger partial charge in [-0.15, -0.1) is 0 Å². The number of carbonyl (C=O) groups excluding carboxylic acids is 1. The summed E-state index contributed by atoms with van der Waals surface area (Å²) in [4.78, 5) is 12.1. The zero-order chi connectivity index (χ0) is 15.5. The first-order valence-corrected chi connectivity index (χ1v) is 6.97. The molecule has 0 heterocycles. The van der Waals surface area contributed by atoms with Gasteiger partial charge in [0.2, 0.25) is 0 Å². The summed E-state index contributed by atoms with van der Waals surface area (Å²) >= 11 is 0. The molecule has 0 unspecified atom stereocenters. The van der Waals surface area contributed by atoms with Crippen molar-refractivity contribution in [2.24, 2.45) is 0 Å². The van der Waals surface area contributed by atoms with Crippen molar-refractivity contribution in [1.29, 1.82) is 0 Å². The van der Waals surface area contributed by atoms with E-state index in [9.17, 15) is 4.79 Å². The Hall–Kier alpha value is -1.79. The van der Waals surface area contributed by atoms with Gasteiger partial charge in [-0.2, -0.15) is 0 Å². The molecule has 6 nitrogen and oxygen atoms in total. The highest BCUT2D eigenvalue weighted by Crippen LogP contribution is 2.20. The van der Waals surface area contributed by atoms with Gasteiger partial charge in [0.25, 0.3) is 5.91 Å². The van der Waals surface area contributed by atoms with Crippen molar-refractivity contribution in [2.45, 2.75) is 12.8 Å². The zero-order valence-electron chi connectivity index (χ0n) is 12.7. The van der Waals surface area contributed by atoms with Crippen molar-refractivity contribution in [3.05, 3.63) is 23.8 Å². The summed E-state index contributed by atoms with van der Waals surface area (Å²) < 4.78 is 15.4. The second-order valence-corrected chi connectivity index (χ2v) is 4.53. The lowest BCUT2D eigenvalue weighted by Crippen LogP contribution is -2.25. The van der Waals surface area contributed by atoms with Gasteiger partial charge in [-0.1, -0.05) is 0 Å². The first-order valence-electron chi connectivity index (χ1n) is 6.97. The third-order valence-electron chi connectivity index (χ3n) is 2.90. The van der Waals surface area contributed by atoms with Crippen LogP contribution in [0.25, 0.3) is 0 Å². The number of methoxy groups -OCH3 is 2. The molecule has 0 aliphatic carbocycles. The number of rotatable bonds is 10. The molecule has 21 heavy (non-hydrogen) atoms. The average molecular weight is 296 g/mol. The van der Waals surface area contributed by atoms with Gasteiger partial charge in [-0.25, -0.2) is 0 Å². The van der Waals surface area contributed by atoms with Gasteiger partial charge in [-0.05, 0) is 31.0 Å². The monoisotopic (exact) mass is 296 g/mol. The van der Waals surface area contributed by atoms with E-state index in [1.807, 2.05) is 0 Å². The van der Waals surface area contributed by atoms with E-state index in [1.165, 1.54) is 7.11 Å². The van der Waals surface area contributed by atoms with Crippen molar-refractivity contribution in [2.75, 3.05) is 46.3 Å². The summed E-state index contributed by atoms with van der Waals surface area (Å²) in [7, 11) is 3.17. The van der Waals surface area contributed by atoms with Crippen molar-refractivity contribution < 1.29 is 19.0 Å². The fourth-order valence-electron chi connectivity index (χ4n) is 1.77. The molecule has 0 aliphatic heterocycles. The number of hydrogen-bond acceptors (Lipinski definition) is 5. The fourth-order valence-corrected chi connectivity index (χ4v) is 1.77. The quantitative estimate of drug-likeness (QED) is 0.504. The molecule has 0 fully saturated rings. The first kappa shape index (κ1) is 17.3. The number of nitrogens with one attached hydrogen (secondary N) is 1. The first-order chi connectivity index (χ1) is 10.2. The minimum atomic E-state index is -0.181. The molecule has 0 aromatic heterocycles.